The molecule has 0 amide bonds. The molecule has 0 aliphatic rings. The maximum atomic E-state index is 12.4. The Bertz CT molecular complexity index is 813. The molecular weight excluding hydrogens is 328 g/mol. The molecule has 0 aromatic heterocycles. The summed E-state index contributed by atoms with van der Waals surface area (Å²) < 4.78 is 27.2. The van der Waals surface area contributed by atoms with Crippen LogP contribution in [-0.2, 0) is 10.0 Å². The molecule has 0 unspecified atom stereocenters. The van der Waals surface area contributed by atoms with Gasteiger partial charge >= 0.3 is 5.97 Å². The van der Waals surface area contributed by atoms with Gasteiger partial charge in [0.15, 0.2) is 0 Å². The van der Waals surface area contributed by atoms with Crippen LogP contribution in [0.1, 0.15) is 24.2 Å². The maximum Gasteiger partial charge on any atom is 0.335 e. The summed E-state index contributed by atoms with van der Waals surface area (Å²) in [6.07, 6.45) is 0. The zero-order valence-corrected chi connectivity index (χ0v) is 14.4. The Labute approximate surface area is 141 Å². The van der Waals surface area contributed by atoms with Gasteiger partial charge in [0, 0.05) is 24.5 Å². The molecule has 128 valence electrons. The molecule has 0 fully saturated rings. The molecule has 0 bridgehead atoms. The fraction of sp³-hybridized carbons (Fsp3) is 0.235. The first-order valence-corrected chi connectivity index (χ1v) is 9.07. The number of benzene rings is 2. The van der Waals surface area contributed by atoms with Crippen molar-refractivity contribution in [1.82, 2.24) is 0 Å². The Balaban J connectivity index is 2.23. The Hall–Kier alpha value is -2.54. The van der Waals surface area contributed by atoms with Crippen molar-refractivity contribution in [2.45, 2.75) is 18.7 Å². The number of aromatic carboxylic acids is 1. The molecule has 0 radical (unpaired) electrons. The lowest BCUT2D eigenvalue weighted by atomic mass is 10.2. The van der Waals surface area contributed by atoms with E-state index in [-0.39, 0.29) is 10.5 Å². The topological polar surface area (TPSA) is 86.7 Å². The standard InChI is InChI=1S/C17H20N2O4S/c1-3-19(4-2)15-10-8-14(9-11-15)18-24(22,23)16-7-5-6-13(12-16)17(20)21/h5-12,18H,3-4H2,1-2H3,(H,20,21). The zero-order valence-electron chi connectivity index (χ0n) is 13.6. The third-order valence-electron chi connectivity index (χ3n) is 3.64. The van der Waals surface area contributed by atoms with Gasteiger partial charge in [-0.3, -0.25) is 4.72 Å². The van der Waals surface area contributed by atoms with Gasteiger partial charge in [-0.05, 0) is 56.3 Å². The lowest BCUT2D eigenvalue weighted by molar-refractivity contribution is 0.0696. The van der Waals surface area contributed by atoms with Crippen LogP contribution in [0.25, 0.3) is 0 Å². The summed E-state index contributed by atoms with van der Waals surface area (Å²) in [5.41, 5.74) is 1.36. The van der Waals surface area contributed by atoms with E-state index in [0.29, 0.717) is 5.69 Å². The SMILES string of the molecule is CCN(CC)c1ccc(NS(=O)(=O)c2cccc(C(=O)O)c2)cc1. The summed E-state index contributed by atoms with van der Waals surface area (Å²) in [5, 5.41) is 8.97. The van der Waals surface area contributed by atoms with Crippen molar-refractivity contribution in [2.75, 3.05) is 22.7 Å². The molecule has 7 heteroatoms. The van der Waals surface area contributed by atoms with Gasteiger partial charge in [0.2, 0.25) is 0 Å². The quantitative estimate of drug-likeness (QED) is 0.803. The molecule has 0 heterocycles. The first-order valence-electron chi connectivity index (χ1n) is 7.58. The van der Waals surface area contributed by atoms with Crippen molar-refractivity contribution in [2.24, 2.45) is 0 Å². The number of nitrogens with one attached hydrogen (secondary N) is 1. The predicted octanol–water partition coefficient (Wildman–Crippen LogP) is 3.03. The van der Waals surface area contributed by atoms with Crippen molar-refractivity contribution < 1.29 is 18.3 Å². The smallest absolute Gasteiger partial charge is 0.335 e. The predicted molar refractivity (Wildman–Crippen MR) is 94.2 cm³/mol. The third kappa shape index (κ3) is 4.05. The van der Waals surface area contributed by atoms with E-state index >= 15 is 0 Å². The molecule has 2 rings (SSSR count). The molecule has 0 spiro atoms. The van der Waals surface area contributed by atoms with Gasteiger partial charge in [0.05, 0.1) is 10.5 Å². The number of sulfonamides is 1. The molecule has 0 aliphatic carbocycles. The number of anilines is 2. The number of carboxylic acid groups (broad SMARTS) is 1. The molecular formula is C17H20N2O4S. The second-order valence-electron chi connectivity index (χ2n) is 5.16. The summed E-state index contributed by atoms with van der Waals surface area (Å²) >= 11 is 0. The highest BCUT2D eigenvalue weighted by atomic mass is 32.2. The van der Waals surface area contributed by atoms with E-state index in [9.17, 15) is 13.2 Å². The van der Waals surface area contributed by atoms with Gasteiger partial charge in [-0.1, -0.05) is 6.07 Å². The Morgan fingerprint density at radius 2 is 1.71 bits per heavy atom. The van der Waals surface area contributed by atoms with Gasteiger partial charge < -0.3 is 10.0 Å². The fourth-order valence-corrected chi connectivity index (χ4v) is 3.44. The first kappa shape index (κ1) is 17.8. The lowest BCUT2D eigenvalue weighted by Gasteiger charge is -2.21. The van der Waals surface area contributed by atoms with Crippen LogP contribution in [-0.4, -0.2) is 32.6 Å². The van der Waals surface area contributed by atoms with E-state index in [2.05, 4.69) is 23.5 Å². The summed E-state index contributed by atoms with van der Waals surface area (Å²) in [4.78, 5) is 13.0. The van der Waals surface area contributed by atoms with Crippen LogP contribution >= 0.6 is 0 Å². The molecule has 6 nitrogen and oxygen atoms in total. The highest BCUT2D eigenvalue weighted by Gasteiger charge is 2.16. The van der Waals surface area contributed by atoms with Gasteiger partial charge in [0.1, 0.15) is 0 Å². The van der Waals surface area contributed by atoms with Crippen molar-refractivity contribution in [1.29, 1.82) is 0 Å². The third-order valence-corrected chi connectivity index (χ3v) is 5.02. The molecule has 0 aliphatic heterocycles. The second kappa shape index (κ2) is 7.35. The van der Waals surface area contributed by atoms with Crippen molar-refractivity contribution in [3.63, 3.8) is 0 Å². The van der Waals surface area contributed by atoms with Crippen LogP contribution < -0.4 is 9.62 Å². The van der Waals surface area contributed by atoms with Crippen LogP contribution in [0.2, 0.25) is 0 Å². The van der Waals surface area contributed by atoms with E-state index in [0.717, 1.165) is 24.8 Å². The highest BCUT2D eigenvalue weighted by Crippen LogP contribution is 2.21. The van der Waals surface area contributed by atoms with E-state index < -0.39 is 16.0 Å². The highest BCUT2D eigenvalue weighted by molar-refractivity contribution is 7.92. The summed E-state index contributed by atoms with van der Waals surface area (Å²) in [7, 11) is -3.84. The molecule has 0 atom stereocenters. The van der Waals surface area contributed by atoms with E-state index in [1.807, 2.05) is 12.1 Å². The Morgan fingerprint density at radius 1 is 1.08 bits per heavy atom. The van der Waals surface area contributed by atoms with Gasteiger partial charge in [-0.15, -0.1) is 0 Å². The number of rotatable bonds is 7. The molecule has 24 heavy (non-hydrogen) atoms. The minimum atomic E-state index is -3.84. The van der Waals surface area contributed by atoms with Crippen molar-refractivity contribution in [3.05, 3.63) is 54.1 Å². The number of hydrogen-bond acceptors (Lipinski definition) is 4. The summed E-state index contributed by atoms with van der Waals surface area (Å²) in [6, 6.07) is 12.3. The molecule has 2 aromatic rings. The normalized spacial score (nSPS) is 11.1. The monoisotopic (exact) mass is 348 g/mol. The van der Waals surface area contributed by atoms with E-state index in [4.69, 9.17) is 5.11 Å². The van der Waals surface area contributed by atoms with Crippen LogP contribution in [0, 0.1) is 0 Å². The summed E-state index contributed by atoms with van der Waals surface area (Å²) in [6.45, 7) is 5.83. The average Bonchev–Trinajstić information content (AvgIpc) is 2.57. The minimum Gasteiger partial charge on any atom is -0.478 e. The fourth-order valence-electron chi connectivity index (χ4n) is 2.34. The maximum absolute atomic E-state index is 12.4. The van der Waals surface area contributed by atoms with Crippen molar-refractivity contribution >= 4 is 27.4 Å². The molecule has 2 N–H and O–H groups in total. The number of carboxylic acids is 1. The molecule has 0 saturated carbocycles. The lowest BCUT2D eigenvalue weighted by Crippen LogP contribution is -2.21. The molecule has 2 aromatic carbocycles. The first-order chi connectivity index (χ1) is 11.4. The van der Waals surface area contributed by atoms with E-state index in [1.165, 1.54) is 18.2 Å². The minimum absolute atomic E-state index is 0.0743. The number of hydrogen-bond donors (Lipinski definition) is 2. The van der Waals surface area contributed by atoms with Crippen LogP contribution in [0.4, 0.5) is 11.4 Å². The van der Waals surface area contributed by atoms with Gasteiger partial charge in [-0.25, -0.2) is 13.2 Å². The average molecular weight is 348 g/mol. The second-order valence-corrected chi connectivity index (χ2v) is 6.84. The number of nitrogens with zero attached hydrogens (tertiary/aromatic N) is 1. The van der Waals surface area contributed by atoms with Crippen molar-refractivity contribution in [3.8, 4) is 0 Å². The van der Waals surface area contributed by atoms with Gasteiger partial charge in [-0.2, -0.15) is 0 Å². The van der Waals surface area contributed by atoms with Gasteiger partial charge in [0.25, 0.3) is 10.0 Å². The van der Waals surface area contributed by atoms with Crippen LogP contribution in [0.3, 0.4) is 0 Å². The molecule has 0 saturated heterocycles. The number of carbonyl (C=O) groups is 1. The van der Waals surface area contributed by atoms with Crippen LogP contribution in [0.5, 0.6) is 0 Å². The zero-order chi connectivity index (χ0) is 17.7. The van der Waals surface area contributed by atoms with E-state index in [1.54, 1.807) is 12.1 Å². The Morgan fingerprint density at radius 3 is 2.25 bits per heavy atom. The van der Waals surface area contributed by atoms with Crippen LogP contribution in [0.15, 0.2) is 53.4 Å². The largest absolute Gasteiger partial charge is 0.478 e. The Kier molecular flexibility index (Phi) is 5.46. The summed E-state index contributed by atoms with van der Waals surface area (Å²) in [5.74, 6) is -1.17.